The van der Waals surface area contributed by atoms with Gasteiger partial charge in [0, 0.05) is 24.7 Å². The van der Waals surface area contributed by atoms with E-state index in [9.17, 15) is 9.59 Å². The summed E-state index contributed by atoms with van der Waals surface area (Å²) in [4.78, 5) is 25.8. The average molecular weight is 309 g/mol. The summed E-state index contributed by atoms with van der Waals surface area (Å²) in [6.07, 6.45) is 0.353. The highest BCUT2D eigenvalue weighted by molar-refractivity contribution is 5.96. The molecule has 0 aromatic heterocycles. The van der Waals surface area contributed by atoms with Crippen LogP contribution >= 0.6 is 0 Å². The standard InChI is InChI=1S/C18H19N3O2/c19-18(23)17(13-7-3-1-4-8-13)20-14-11-16(22)21(12-14)15-9-5-2-6-10-15/h1-10,14,17,20H,11-12H2,(H2,19,23)/t14-,17+/m0/s1. The molecule has 2 aromatic carbocycles. The van der Waals surface area contributed by atoms with E-state index in [2.05, 4.69) is 5.32 Å². The van der Waals surface area contributed by atoms with Crippen LogP contribution in [0.15, 0.2) is 60.7 Å². The molecule has 0 radical (unpaired) electrons. The smallest absolute Gasteiger partial charge is 0.239 e. The van der Waals surface area contributed by atoms with Crippen molar-refractivity contribution in [3.8, 4) is 0 Å². The fourth-order valence-electron chi connectivity index (χ4n) is 2.90. The van der Waals surface area contributed by atoms with E-state index < -0.39 is 11.9 Å². The number of nitrogens with one attached hydrogen (secondary N) is 1. The van der Waals surface area contributed by atoms with Crippen molar-refractivity contribution in [2.45, 2.75) is 18.5 Å². The van der Waals surface area contributed by atoms with Crippen LogP contribution in [0.2, 0.25) is 0 Å². The van der Waals surface area contributed by atoms with E-state index in [0.717, 1.165) is 11.3 Å². The molecule has 2 amide bonds. The Balaban J connectivity index is 1.73. The van der Waals surface area contributed by atoms with Gasteiger partial charge in [0.25, 0.3) is 0 Å². The van der Waals surface area contributed by atoms with Gasteiger partial charge < -0.3 is 10.6 Å². The van der Waals surface area contributed by atoms with Gasteiger partial charge in [-0.1, -0.05) is 48.5 Å². The molecule has 3 N–H and O–H groups in total. The lowest BCUT2D eigenvalue weighted by Crippen LogP contribution is -2.41. The highest BCUT2D eigenvalue weighted by Gasteiger charge is 2.33. The van der Waals surface area contributed by atoms with Gasteiger partial charge in [0.15, 0.2) is 0 Å². The van der Waals surface area contributed by atoms with E-state index in [1.54, 1.807) is 4.90 Å². The summed E-state index contributed by atoms with van der Waals surface area (Å²) in [5.74, 6) is -0.396. The van der Waals surface area contributed by atoms with Gasteiger partial charge in [-0.25, -0.2) is 0 Å². The number of rotatable bonds is 5. The van der Waals surface area contributed by atoms with E-state index in [1.807, 2.05) is 60.7 Å². The molecule has 118 valence electrons. The number of amides is 2. The lowest BCUT2D eigenvalue weighted by Gasteiger charge is -2.21. The first-order chi connectivity index (χ1) is 11.1. The van der Waals surface area contributed by atoms with Crippen molar-refractivity contribution < 1.29 is 9.59 Å². The van der Waals surface area contributed by atoms with E-state index >= 15 is 0 Å². The first-order valence-electron chi connectivity index (χ1n) is 7.61. The predicted molar refractivity (Wildman–Crippen MR) is 88.7 cm³/mol. The van der Waals surface area contributed by atoms with Gasteiger partial charge >= 0.3 is 0 Å². The van der Waals surface area contributed by atoms with Gasteiger partial charge in [-0.15, -0.1) is 0 Å². The number of hydrogen-bond acceptors (Lipinski definition) is 3. The van der Waals surface area contributed by atoms with E-state index in [-0.39, 0.29) is 11.9 Å². The molecular formula is C18H19N3O2. The van der Waals surface area contributed by atoms with Gasteiger partial charge in [-0.3, -0.25) is 14.9 Å². The Hall–Kier alpha value is -2.66. The Labute approximate surface area is 135 Å². The number of nitrogens with zero attached hydrogens (tertiary/aromatic N) is 1. The van der Waals surface area contributed by atoms with Crippen LogP contribution in [0.4, 0.5) is 5.69 Å². The zero-order valence-corrected chi connectivity index (χ0v) is 12.7. The molecule has 5 nitrogen and oxygen atoms in total. The summed E-state index contributed by atoms with van der Waals surface area (Å²) in [5, 5.41) is 3.22. The quantitative estimate of drug-likeness (QED) is 0.881. The van der Waals surface area contributed by atoms with Crippen molar-refractivity contribution in [3.05, 3.63) is 66.2 Å². The minimum Gasteiger partial charge on any atom is -0.368 e. The molecule has 0 bridgehead atoms. The number of benzene rings is 2. The molecular weight excluding hydrogens is 290 g/mol. The lowest BCUT2D eigenvalue weighted by molar-refractivity contribution is -0.121. The second-order valence-electron chi connectivity index (χ2n) is 5.65. The van der Waals surface area contributed by atoms with Crippen LogP contribution in [-0.4, -0.2) is 24.4 Å². The van der Waals surface area contributed by atoms with Crippen molar-refractivity contribution in [3.63, 3.8) is 0 Å². The molecule has 1 heterocycles. The minimum absolute atomic E-state index is 0.0463. The minimum atomic E-state index is -0.593. The number of hydrogen-bond donors (Lipinski definition) is 2. The first kappa shape index (κ1) is 15.2. The Morgan fingerprint density at radius 1 is 1.09 bits per heavy atom. The SMILES string of the molecule is NC(=O)[C@H](N[C@H]1CC(=O)N(c2ccccc2)C1)c1ccccc1. The summed E-state index contributed by atoms with van der Waals surface area (Å²) in [5.41, 5.74) is 7.21. The number of anilines is 1. The maximum absolute atomic E-state index is 12.2. The second kappa shape index (κ2) is 6.62. The van der Waals surface area contributed by atoms with E-state index in [0.29, 0.717) is 13.0 Å². The summed E-state index contributed by atoms with van der Waals surface area (Å²) in [7, 11) is 0. The normalized spacial score (nSPS) is 18.9. The van der Waals surface area contributed by atoms with Crippen LogP contribution < -0.4 is 16.0 Å². The predicted octanol–water partition coefficient (Wildman–Crippen LogP) is 1.61. The molecule has 1 saturated heterocycles. The number of para-hydroxylation sites is 1. The zero-order valence-electron chi connectivity index (χ0n) is 12.7. The molecule has 2 atom stereocenters. The molecule has 2 aromatic rings. The second-order valence-corrected chi connectivity index (χ2v) is 5.65. The van der Waals surface area contributed by atoms with Crippen LogP contribution in [0.25, 0.3) is 0 Å². The van der Waals surface area contributed by atoms with Crippen LogP contribution in [-0.2, 0) is 9.59 Å². The van der Waals surface area contributed by atoms with Crippen LogP contribution in [0.3, 0.4) is 0 Å². The highest BCUT2D eigenvalue weighted by Crippen LogP contribution is 2.23. The van der Waals surface area contributed by atoms with Gasteiger partial charge in [0.2, 0.25) is 11.8 Å². The Morgan fingerprint density at radius 2 is 1.70 bits per heavy atom. The lowest BCUT2D eigenvalue weighted by atomic mass is 10.1. The monoisotopic (exact) mass is 309 g/mol. The van der Waals surface area contributed by atoms with Gasteiger partial charge in [-0.2, -0.15) is 0 Å². The molecule has 0 aliphatic carbocycles. The molecule has 23 heavy (non-hydrogen) atoms. The fraction of sp³-hybridized carbons (Fsp3) is 0.222. The van der Waals surface area contributed by atoms with Crippen molar-refractivity contribution in [1.29, 1.82) is 0 Å². The Morgan fingerprint density at radius 3 is 2.30 bits per heavy atom. The highest BCUT2D eigenvalue weighted by atomic mass is 16.2. The number of nitrogens with two attached hydrogens (primary N) is 1. The number of primary amides is 1. The molecule has 0 unspecified atom stereocenters. The van der Waals surface area contributed by atoms with Crippen molar-refractivity contribution in [2.75, 3.05) is 11.4 Å². The average Bonchev–Trinajstić information content (AvgIpc) is 2.94. The summed E-state index contributed by atoms with van der Waals surface area (Å²) in [6, 6.07) is 18.2. The molecule has 0 saturated carbocycles. The molecule has 1 aliphatic heterocycles. The van der Waals surface area contributed by atoms with E-state index in [4.69, 9.17) is 5.73 Å². The van der Waals surface area contributed by atoms with Gasteiger partial charge in [0.05, 0.1) is 0 Å². The maximum atomic E-state index is 12.2. The summed E-state index contributed by atoms with van der Waals surface area (Å²) in [6.45, 7) is 0.527. The van der Waals surface area contributed by atoms with Crippen molar-refractivity contribution >= 4 is 17.5 Å². The number of carbonyl (C=O) groups is 2. The van der Waals surface area contributed by atoms with Gasteiger partial charge in [-0.05, 0) is 17.7 Å². The van der Waals surface area contributed by atoms with Gasteiger partial charge in [0.1, 0.15) is 6.04 Å². The zero-order chi connectivity index (χ0) is 16.2. The molecule has 0 spiro atoms. The van der Waals surface area contributed by atoms with Crippen LogP contribution in [0, 0.1) is 0 Å². The molecule has 1 fully saturated rings. The molecule has 5 heteroatoms. The van der Waals surface area contributed by atoms with Crippen molar-refractivity contribution in [1.82, 2.24) is 5.32 Å². The first-order valence-corrected chi connectivity index (χ1v) is 7.61. The third-order valence-corrected chi connectivity index (χ3v) is 4.01. The van der Waals surface area contributed by atoms with Crippen LogP contribution in [0.5, 0.6) is 0 Å². The van der Waals surface area contributed by atoms with E-state index in [1.165, 1.54) is 0 Å². The Bertz CT molecular complexity index is 688. The third kappa shape index (κ3) is 3.40. The van der Waals surface area contributed by atoms with Crippen molar-refractivity contribution in [2.24, 2.45) is 5.73 Å². The topological polar surface area (TPSA) is 75.4 Å². The fourth-order valence-corrected chi connectivity index (χ4v) is 2.90. The molecule has 3 rings (SSSR count). The summed E-state index contributed by atoms with van der Waals surface area (Å²) < 4.78 is 0. The van der Waals surface area contributed by atoms with Crippen LogP contribution in [0.1, 0.15) is 18.0 Å². The maximum Gasteiger partial charge on any atom is 0.239 e. The molecule has 1 aliphatic rings. The number of carbonyl (C=O) groups excluding carboxylic acids is 2. The largest absolute Gasteiger partial charge is 0.368 e. The summed E-state index contributed by atoms with van der Waals surface area (Å²) >= 11 is 0. The Kier molecular flexibility index (Phi) is 4.39. The third-order valence-electron chi connectivity index (χ3n) is 4.01.